The lowest BCUT2D eigenvalue weighted by Crippen LogP contribution is -2.43. The molecule has 1 aliphatic heterocycles. The number of nitrogens with one attached hydrogen (secondary N) is 1. The third-order valence-corrected chi connectivity index (χ3v) is 6.07. The molecule has 7 nitrogen and oxygen atoms in total. The summed E-state index contributed by atoms with van der Waals surface area (Å²) in [5.74, 6) is 1.76. The molecule has 5 rings (SSSR count). The van der Waals surface area contributed by atoms with Gasteiger partial charge in [0, 0.05) is 32.0 Å². The SMILES string of the molecule is CC(C)Oc1ccc(CNC(=O)[C@@H]2CCCN(c3nc4ncccc4n4cccc34)C2)cc1. The Morgan fingerprint density at radius 3 is 2.79 bits per heavy atom. The molecule has 0 aliphatic carbocycles. The summed E-state index contributed by atoms with van der Waals surface area (Å²) in [6.07, 6.45) is 5.78. The van der Waals surface area contributed by atoms with Gasteiger partial charge in [0.1, 0.15) is 5.75 Å². The lowest BCUT2D eigenvalue weighted by Gasteiger charge is -2.33. The molecule has 1 atom stereocenters. The number of aromatic nitrogens is 3. The van der Waals surface area contributed by atoms with E-state index in [1.165, 1.54) is 0 Å². The third kappa shape index (κ3) is 4.49. The molecule has 0 saturated carbocycles. The number of benzene rings is 1. The Kier molecular flexibility index (Phi) is 5.86. The molecule has 1 amide bonds. The number of nitrogens with zero attached hydrogens (tertiary/aromatic N) is 4. The average Bonchev–Trinajstić information content (AvgIpc) is 3.33. The van der Waals surface area contributed by atoms with Crippen LogP contribution in [-0.4, -0.2) is 39.5 Å². The van der Waals surface area contributed by atoms with Crippen molar-refractivity contribution in [3.63, 3.8) is 0 Å². The maximum Gasteiger partial charge on any atom is 0.225 e. The van der Waals surface area contributed by atoms with Crippen molar-refractivity contribution in [2.45, 2.75) is 39.3 Å². The smallest absolute Gasteiger partial charge is 0.225 e. The van der Waals surface area contributed by atoms with E-state index in [0.717, 1.165) is 47.6 Å². The topological polar surface area (TPSA) is 71.8 Å². The van der Waals surface area contributed by atoms with E-state index in [-0.39, 0.29) is 17.9 Å². The van der Waals surface area contributed by atoms with Crippen molar-refractivity contribution in [3.05, 3.63) is 66.5 Å². The minimum atomic E-state index is -0.0708. The van der Waals surface area contributed by atoms with Gasteiger partial charge in [-0.15, -0.1) is 0 Å². The summed E-state index contributed by atoms with van der Waals surface area (Å²) in [4.78, 5) is 24.5. The monoisotopic (exact) mass is 443 g/mol. The van der Waals surface area contributed by atoms with Crippen LogP contribution in [0.1, 0.15) is 32.3 Å². The lowest BCUT2D eigenvalue weighted by molar-refractivity contribution is -0.125. The Labute approximate surface area is 193 Å². The van der Waals surface area contributed by atoms with Crippen molar-refractivity contribution >= 4 is 28.4 Å². The molecule has 0 unspecified atom stereocenters. The Morgan fingerprint density at radius 2 is 1.97 bits per heavy atom. The molecule has 0 radical (unpaired) electrons. The summed E-state index contributed by atoms with van der Waals surface area (Å²) < 4.78 is 7.82. The fourth-order valence-electron chi connectivity index (χ4n) is 4.50. The minimum absolute atomic E-state index is 0.0708. The maximum atomic E-state index is 13.0. The van der Waals surface area contributed by atoms with Gasteiger partial charge in [-0.05, 0) is 68.7 Å². The van der Waals surface area contributed by atoms with Gasteiger partial charge in [-0.2, -0.15) is 0 Å². The van der Waals surface area contributed by atoms with E-state index in [1.54, 1.807) is 6.20 Å². The van der Waals surface area contributed by atoms with Gasteiger partial charge < -0.3 is 19.4 Å². The molecule has 33 heavy (non-hydrogen) atoms. The standard InChI is InChI=1S/C26H29N5O2/c1-18(2)33-21-11-9-19(10-12-21)16-28-26(32)20-6-4-14-30(17-20)25-23-8-5-15-31(23)22-7-3-13-27-24(22)29-25/h3,5,7-13,15,18,20H,4,6,14,16-17H2,1-2H3,(H,28,32)/t20-/m1/s1. The fraction of sp³-hybridized carbons (Fsp3) is 0.346. The number of hydrogen-bond acceptors (Lipinski definition) is 5. The van der Waals surface area contributed by atoms with Crippen LogP contribution in [0.4, 0.5) is 5.82 Å². The van der Waals surface area contributed by atoms with Crippen LogP contribution in [0.5, 0.6) is 5.75 Å². The first-order chi connectivity index (χ1) is 16.1. The normalized spacial score (nSPS) is 16.5. The van der Waals surface area contributed by atoms with Crippen LogP contribution in [-0.2, 0) is 11.3 Å². The average molecular weight is 444 g/mol. The lowest BCUT2D eigenvalue weighted by atomic mass is 9.97. The molecule has 3 aromatic heterocycles. The van der Waals surface area contributed by atoms with E-state index in [0.29, 0.717) is 18.7 Å². The van der Waals surface area contributed by atoms with Crippen LogP contribution in [0.15, 0.2) is 60.9 Å². The number of amides is 1. The van der Waals surface area contributed by atoms with Crippen molar-refractivity contribution in [1.29, 1.82) is 0 Å². The number of pyridine rings is 1. The second-order valence-electron chi connectivity index (χ2n) is 8.86. The number of carbonyl (C=O) groups excluding carboxylic acids is 1. The molecule has 0 bridgehead atoms. The van der Waals surface area contributed by atoms with Gasteiger partial charge in [0.25, 0.3) is 0 Å². The van der Waals surface area contributed by atoms with Crippen LogP contribution < -0.4 is 15.0 Å². The van der Waals surface area contributed by atoms with Crippen molar-refractivity contribution in [2.75, 3.05) is 18.0 Å². The Balaban J connectivity index is 1.28. The summed E-state index contributed by atoms with van der Waals surface area (Å²) >= 11 is 0. The van der Waals surface area contributed by atoms with E-state index in [1.807, 2.05) is 62.5 Å². The van der Waals surface area contributed by atoms with Gasteiger partial charge in [-0.25, -0.2) is 9.97 Å². The molecule has 170 valence electrons. The largest absolute Gasteiger partial charge is 0.491 e. The van der Waals surface area contributed by atoms with E-state index in [4.69, 9.17) is 9.72 Å². The highest BCUT2D eigenvalue weighted by molar-refractivity contribution is 5.84. The van der Waals surface area contributed by atoms with Gasteiger partial charge in [0.15, 0.2) is 11.5 Å². The molecule has 4 aromatic rings. The summed E-state index contributed by atoms with van der Waals surface area (Å²) in [5.41, 5.74) is 3.80. The van der Waals surface area contributed by atoms with Gasteiger partial charge in [-0.3, -0.25) is 4.79 Å². The number of anilines is 1. The number of piperidine rings is 1. The molecule has 1 fully saturated rings. The van der Waals surface area contributed by atoms with Crippen molar-refractivity contribution in [3.8, 4) is 5.75 Å². The zero-order valence-corrected chi connectivity index (χ0v) is 19.1. The molecule has 7 heteroatoms. The molecule has 1 N–H and O–H groups in total. The molecule has 1 saturated heterocycles. The zero-order valence-electron chi connectivity index (χ0n) is 19.1. The molecule has 1 aliphatic rings. The van der Waals surface area contributed by atoms with Gasteiger partial charge >= 0.3 is 0 Å². The third-order valence-electron chi connectivity index (χ3n) is 6.07. The second kappa shape index (κ2) is 9.10. The number of ether oxygens (including phenoxy) is 1. The summed E-state index contributed by atoms with van der Waals surface area (Å²) in [6, 6.07) is 16.0. The minimum Gasteiger partial charge on any atom is -0.491 e. The summed E-state index contributed by atoms with van der Waals surface area (Å²) in [6.45, 7) is 6.06. The second-order valence-corrected chi connectivity index (χ2v) is 8.86. The van der Waals surface area contributed by atoms with Crippen molar-refractivity contribution in [2.24, 2.45) is 5.92 Å². The van der Waals surface area contributed by atoms with Gasteiger partial charge in [0.05, 0.1) is 23.1 Å². The molecule has 4 heterocycles. The van der Waals surface area contributed by atoms with Crippen molar-refractivity contribution in [1.82, 2.24) is 19.7 Å². The number of hydrogen-bond donors (Lipinski definition) is 1. The predicted molar refractivity (Wildman–Crippen MR) is 129 cm³/mol. The first-order valence-corrected chi connectivity index (χ1v) is 11.6. The van der Waals surface area contributed by atoms with E-state index in [9.17, 15) is 4.79 Å². The van der Waals surface area contributed by atoms with Gasteiger partial charge in [-0.1, -0.05) is 12.1 Å². The van der Waals surface area contributed by atoms with E-state index in [2.05, 4.69) is 25.7 Å². The highest BCUT2D eigenvalue weighted by Gasteiger charge is 2.28. The quantitative estimate of drug-likeness (QED) is 0.484. The number of rotatable bonds is 6. The highest BCUT2D eigenvalue weighted by Crippen LogP contribution is 2.28. The van der Waals surface area contributed by atoms with E-state index < -0.39 is 0 Å². The first-order valence-electron chi connectivity index (χ1n) is 11.6. The molecule has 0 spiro atoms. The molecular formula is C26H29N5O2. The van der Waals surface area contributed by atoms with Crippen LogP contribution in [0, 0.1) is 5.92 Å². The zero-order chi connectivity index (χ0) is 22.8. The fourth-order valence-corrected chi connectivity index (χ4v) is 4.50. The maximum absolute atomic E-state index is 13.0. The number of fused-ring (bicyclic) bond motifs is 3. The van der Waals surface area contributed by atoms with Crippen LogP contribution in [0.25, 0.3) is 16.7 Å². The van der Waals surface area contributed by atoms with Crippen LogP contribution in [0.2, 0.25) is 0 Å². The van der Waals surface area contributed by atoms with Crippen LogP contribution in [0.3, 0.4) is 0 Å². The van der Waals surface area contributed by atoms with Crippen LogP contribution >= 0.6 is 0 Å². The summed E-state index contributed by atoms with van der Waals surface area (Å²) in [5, 5.41) is 3.12. The van der Waals surface area contributed by atoms with Crippen molar-refractivity contribution < 1.29 is 9.53 Å². The summed E-state index contributed by atoms with van der Waals surface area (Å²) in [7, 11) is 0. The molecular weight excluding hydrogens is 414 g/mol. The van der Waals surface area contributed by atoms with E-state index >= 15 is 0 Å². The number of carbonyl (C=O) groups is 1. The predicted octanol–water partition coefficient (Wildman–Crippen LogP) is 4.20. The van der Waals surface area contributed by atoms with Gasteiger partial charge in [0.2, 0.25) is 5.91 Å². The molecule has 1 aromatic carbocycles. The Bertz CT molecular complexity index is 1260. The highest BCUT2D eigenvalue weighted by atomic mass is 16.5. The Hall–Kier alpha value is -3.61. The Morgan fingerprint density at radius 1 is 1.15 bits per heavy atom. The first kappa shape index (κ1) is 21.2.